The predicted molar refractivity (Wildman–Crippen MR) is 59.6 cm³/mol. The predicted octanol–water partition coefficient (Wildman–Crippen LogP) is 1.39. The SMILES string of the molecule is O=C(O)N1C[C@@H]2C(COC3CCCCO3)[C@@H]2C1. The molecule has 3 fully saturated rings. The third-order valence-electron chi connectivity index (χ3n) is 4.25. The van der Waals surface area contributed by atoms with E-state index in [0.29, 0.717) is 30.8 Å². The van der Waals surface area contributed by atoms with Gasteiger partial charge in [-0.1, -0.05) is 0 Å². The number of fused-ring (bicyclic) bond motifs is 1. The van der Waals surface area contributed by atoms with Gasteiger partial charge in [0.05, 0.1) is 6.61 Å². The number of hydrogen-bond donors (Lipinski definition) is 1. The van der Waals surface area contributed by atoms with Gasteiger partial charge >= 0.3 is 6.09 Å². The standard InChI is InChI=1S/C12H19NO4/c14-12(15)13-5-8-9(6-13)10(8)7-17-11-3-1-2-4-16-11/h8-11H,1-7H2,(H,14,15)/t8-,9+,10?,11?. The Hall–Kier alpha value is -0.810. The number of nitrogens with zero attached hydrogens (tertiary/aromatic N) is 1. The van der Waals surface area contributed by atoms with Crippen molar-refractivity contribution in [2.24, 2.45) is 17.8 Å². The minimum Gasteiger partial charge on any atom is -0.465 e. The number of hydrogen-bond acceptors (Lipinski definition) is 3. The molecule has 0 aromatic heterocycles. The fraction of sp³-hybridized carbons (Fsp3) is 0.917. The van der Waals surface area contributed by atoms with E-state index in [4.69, 9.17) is 14.6 Å². The van der Waals surface area contributed by atoms with Gasteiger partial charge in [-0.25, -0.2) is 4.79 Å². The van der Waals surface area contributed by atoms with Gasteiger partial charge in [0.25, 0.3) is 0 Å². The molecule has 0 aromatic rings. The molecule has 1 N–H and O–H groups in total. The van der Waals surface area contributed by atoms with Gasteiger partial charge in [-0.3, -0.25) is 0 Å². The molecular weight excluding hydrogens is 222 g/mol. The first kappa shape index (κ1) is 11.3. The van der Waals surface area contributed by atoms with Crippen LogP contribution in [0.2, 0.25) is 0 Å². The highest BCUT2D eigenvalue weighted by molar-refractivity contribution is 5.65. The highest BCUT2D eigenvalue weighted by Crippen LogP contribution is 2.51. The molecule has 5 heteroatoms. The van der Waals surface area contributed by atoms with Crippen LogP contribution in [0.5, 0.6) is 0 Å². The number of rotatable bonds is 3. The largest absolute Gasteiger partial charge is 0.465 e. The Balaban J connectivity index is 1.38. The van der Waals surface area contributed by atoms with Crippen molar-refractivity contribution in [1.29, 1.82) is 0 Å². The summed E-state index contributed by atoms with van der Waals surface area (Å²) >= 11 is 0. The lowest BCUT2D eigenvalue weighted by Crippen LogP contribution is -2.31. The van der Waals surface area contributed by atoms with E-state index in [1.165, 1.54) is 11.3 Å². The van der Waals surface area contributed by atoms with Crippen LogP contribution < -0.4 is 0 Å². The lowest BCUT2D eigenvalue weighted by Gasteiger charge is -2.23. The molecule has 0 spiro atoms. The zero-order valence-electron chi connectivity index (χ0n) is 9.88. The van der Waals surface area contributed by atoms with Gasteiger partial charge in [0, 0.05) is 19.7 Å². The molecule has 96 valence electrons. The zero-order valence-corrected chi connectivity index (χ0v) is 9.88. The minimum absolute atomic E-state index is 0.0133. The number of ether oxygens (including phenoxy) is 2. The molecule has 1 saturated carbocycles. The minimum atomic E-state index is -0.785. The molecule has 0 radical (unpaired) electrons. The summed E-state index contributed by atoms with van der Waals surface area (Å²) in [5.41, 5.74) is 0. The summed E-state index contributed by atoms with van der Waals surface area (Å²) < 4.78 is 11.3. The maximum absolute atomic E-state index is 10.8. The van der Waals surface area contributed by atoms with Crippen molar-refractivity contribution in [2.75, 3.05) is 26.3 Å². The average Bonchev–Trinajstić information content (AvgIpc) is 2.80. The van der Waals surface area contributed by atoms with Gasteiger partial charge in [0.15, 0.2) is 6.29 Å². The van der Waals surface area contributed by atoms with Crippen LogP contribution in [0.3, 0.4) is 0 Å². The molecule has 0 bridgehead atoms. The van der Waals surface area contributed by atoms with Crippen LogP contribution in [0, 0.1) is 17.8 Å². The Morgan fingerprint density at radius 1 is 1.35 bits per heavy atom. The highest BCUT2D eigenvalue weighted by atomic mass is 16.7. The zero-order chi connectivity index (χ0) is 11.8. The Morgan fingerprint density at radius 2 is 2.12 bits per heavy atom. The van der Waals surface area contributed by atoms with E-state index in [1.54, 1.807) is 0 Å². The maximum atomic E-state index is 10.8. The summed E-state index contributed by atoms with van der Waals surface area (Å²) in [7, 11) is 0. The second-order valence-electron chi connectivity index (χ2n) is 5.31. The molecule has 3 aliphatic rings. The van der Waals surface area contributed by atoms with Crippen LogP contribution in [-0.4, -0.2) is 48.7 Å². The Morgan fingerprint density at radius 3 is 2.71 bits per heavy atom. The molecule has 1 aliphatic carbocycles. The van der Waals surface area contributed by atoms with Crippen LogP contribution in [-0.2, 0) is 9.47 Å². The van der Waals surface area contributed by atoms with Gasteiger partial charge in [-0.2, -0.15) is 0 Å². The quantitative estimate of drug-likeness (QED) is 0.811. The second kappa shape index (κ2) is 4.46. The van der Waals surface area contributed by atoms with Gasteiger partial charge in [0.1, 0.15) is 0 Å². The molecule has 2 unspecified atom stereocenters. The van der Waals surface area contributed by atoms with Gasteiger partial charge in [-0.05, 0) is 37.0 Å². The van der Waals surface area contributed by atoms with E-state index in [0.717, 1.165) is 26.1 Å². The number of piperidine rings is 1. The number of carboxylic acid groups (broad SMARTS) is 1. The van der Waals surface area contributed by atoms with E-state index in [9.17, 15) is 4.79 Å². The fourth-order valence-electron chi connectivity index (χ4n) is 3.11. The van der Waals surface area contributed by atoms with E-state index in [-0.39, 0.29) is 6.29 Å². The first-order chi connectivity index (χ1) is 8.25. The average molecular weight is 241 g/mol. The summed E-state index contributed by atoms with van der Waals surface area (Å²) in [6.07, 6.45) is 2.54. The molecular formula is C12H19NO4. The van der Waals surface area contributed by atoms with Crippen molar-refractivity contribution < 1.29 is 19.4 Å². The van der Waals surface area contributed by atoms with Crippen LogP contribution in [0.15, 0.2) is 0 Å². The summed E-state index contributed by atoms with van der Waals surface area (Å²) in [5, 5.41) is 8.85. The topological polar surface area (TPSA) is 59.0 Å². The number of amides is 1. The summed E-state index contributed by atoms with van der Waals surface area (Å²) in [4.78, 5) is 12.3. The Bertz CT molecular complexity index is 291. The second-order valence-corrected chi connectivity index (χ2v) is 5.31. The van der Waals surface area contributed by atoms with Crippen molar-refractivity contribution in [2.45, 2.75) is 25.6 Å². The summed E-state index contributed by atoms with van der Waals surface area (Å²) in [5.74, 6) is 1.64. The van der Waals surface area contributed by atoms with Crippen molar-refractivity contribution in [3.63, 3.8) is 0 Å². The normalized spacial score (nSPS) is 40.1. The number of carbonyl (C=O) groups is 1. The fourth-order valence-corrected chi connectivity index (χ4v) is 3.11. The smallest absolute Gasteiger partial charge is 0.407 e. The van der Waals surface area contributed by atoms with Crippen molar-refractivity contribution in [1.82, 2.24) is 4.90 Å². The molecule has 0 aromatic carbocycles. The molecule has 2 aliphatic heterocycles. The molecule has 2 heterocycles. The van der Waals surface area contributed by atoms with Crippen LogP contribution in [0.4, 0.5) is 4.79 Å². The third kappa shape index (κ3) is 2.26. The monoisotopic (exact) mass is 241 g/mol. The number of likely N-dealkylation sites (tertiary alicyclic amines) is 1. The lowest BCUT2D eigenvalue weighted by molar-refractivity contribution is -0.166. The Kier molecular flexibility index (Phi) is 2.96. The van der Waals surface area contributed by atoms with Crippen molar-refractivity contribution in [3.05, 3.63) is 0 Å². The van der Waals surface area contributed by atoms with Crippen LogP contribution >= 0.6 is 0 Å². The van der Waals surface area contributed by atoms with Crippen LogP contribution in [0.25, 0.3) is 0 Å². The van der Waals surface area contributed by atoms with Gasteiger partial charge < -0.3 is 19.5 Å². The highest BCUT2D eigenvalue weighted by Gasteiger charge is 2.56. The molecule has 4 atom stereocenters. The molecule has 5 nitrogen and oxygen atoms in total. The summed E-state index contributed by atoms with van der Waals surface area (Å²) in [6, 6.07) is 0. The molecule has 1 amide bonds. The molecule has 2 saturated heterocycles. The maximum Gasteiger partial charge on any atom is 0.407 e. The first-order valence-corrected chi connectivity index (χ1v) is 6.47. The van der Waals surface area contributed by atoms with E-state index < -0.39 is 6.09 Å². The van der Waals surface area contributed by atoms with Crippen molar-refractivity contribution in [3.8, 4) is 0 Å². The van der Waals surface area contributed by atoms with E-state index in [2.05, 4.69) is 0 Å². The summed E-state index contributed by atoms with van der Waals surface area (Å²) in [6.45, 7) is 2.95. The van der Waals surface area contributed by atoms with Crippen LogP contribution in [0.1, 0.15) is 19.3 Å². The van der Waals surface area contributed by atoms with E-state index in [1.807, 2.05) is 0 Å². The van der Waals surface area contributed by atoms with E-state index >= 15 is 0 Å². The third-order valence-corrected chi connectivity index (χ3v) is 4.25. The van der Waals surface area contributed by atoms with Gasteiger partial charge in [-0.15, -0.1) is 0 Å². The van der Waals surface area contributed by atoms with Crippen molar-refractivity contribution >= 4 is 6.09 Å². The van der Waals surface area contributed by atoms with Gasteiger partial charge in [0.2, 0.25) is 0 Å². The Labute approximate surface area is 101 Å². The molecule has 17 heavy (non-hydrogen) atoms. The molecule has 3 rings (SSSR count). The first-order valence-electron chi connectivity index (χ1n) is 6.47. The lowest BCUT2D eigenvalue weighted by atomic mass is 10.2.